The Balaban J connectivity index is 1.53. The van der Waals surface area contributed by atoms with Crippen molar-refractivity contribution in [2.75, 3.05) is 11.9 Å². The molecular weight excluding hydrogens is 458 g/mol. The average molecular weight is 482 g/mol. The number of pyridine rings is 1. The maximum Gasteiger partial charge on any atom is 0.339 e. The van der Waals surface area contributed by atoms with Crippen LogP contribution in [0, 0.1) is 20.8 Å². The highest BCUT2D eigenvalue weighted by Gasteiger charge is 2.22. The van der Waals surface area contributed by atoms with E-state index in [1.807, 2.05) is 68.4 Å². The zero-order valence-electron chi connectivity index (χ0n) is 20.0. The average Bonchev–Trinajstić information content (AvgIpc) is 3.45. The SMILES string of the molecule is Cc1ccc(-n2nc(C)c3c(C(=O)OCC(=O)Nc4cc(C)on4)cc(-c4ccccc4)nc32)cc1. The summed E-state index contributed by atoms with van der Waals surface area (Å²) in [6.07, 6.45) is 0. The molecule has 5 rings (SSSR count). The van der Waals surface area contributed by atoms with Crippen LogP contribution in [0.15, 0.2) is 71.3 Å². The van der Waals surface area contributed by atoms with E-state index >= 15 is 0 Å². The van der Waals surface area contributed by atoms with Crippen LogP contribution >= 0.6 is 0 Å². The number of benzene rings is 2. The zero-order valence-corrected chi connectivity index (χ0v) is 20.0. The van der Waals surface area contributed by atoms with Crippen molar-refractivity contribution < 1.29 is 18.8 Å². The molecule has 3 heterocycles. The zero-order chi connectivity index (χ0) is 25.2. The van der Waals surface area contributed by atoms with Gasteiger partial charge in [0.2, 0.25) is 0 Å². The molecule has 5 aromatic rings. The van der Waals surface area contributed by atoms with Crippen LogP contribution < -0.4 is 5.32 Å². The number of carbonyl (C=O) groups excluding carboxylic acids is 2. The number of aromatic nitrogens is 4. The Morgan fingerprint density at radius 1 is 1.00 bits per heavy atom. The smallest absolute Gasteiger partial charge is 0.339 e. The predicted octanol–water partition coefficient (Wildman–Crippen LogP) is 4.80. The quantitative estimate of drug-likeness (QED) is 0.347. The van der Waals surface area contributed by atoms with Crippen molar-refractivity contribution in [1.82, 2.24) is 19.9 Å². The Hall–Kier alpha value is -4.79. The minimum absolute atomic E-state index is 0.251. The molecule has 1 N–H and O–H groups in total. The van der Waals surface area contributed by atoms with Crippen molar-refractivity contribution in [2.24, 2.45) is 0 Å². The molecule has 0 fully saturated rings. The number of carbonyl (C=O) groups is 2. The molecule has 180 valence electrons. The first-order chi connectivity index (χ1) is 17.4. The summed E-state index contributed by atoms with van der Waals surface area (Å²) in [6, 6.07) is 20.7. The summed E-state index contributed by atoms with van der Waals surface area (Å²) in [6.45, 7) is 5.05. The third kappa shape index (κ3) is 4.58. The van der Waals surface area contributed by atoms with Gasteiger partial charge in [0.1, 0.15) is 5.76 Å². The van der Waals surface area contributed by atoms with E-state index in [1.54, 1.807) is 23.7 Å². The van der Waals surface area contributed by atoms with Gasteiger partial charge in [-0.15, -0.1) is 0 Å². The Bertz CT molecular complexity index is 1570. The van der Waals surface area contributed by atoms with E-state index in [0.717, 1.165) is 16.8 Å². The van der Waals surface area contributed by atoms with Crippen LogP contribution in [0.4, 0.5) is 5.82 Å². The van der Waals surface area contributed by atoms with Crippen LogP contribution in [0.3, 0.4) is 0 Å². The molecule has 9 heteroatoms. The summed E-state index contributed by atoms with van der Waals surface area (Å²) in [7, 11) is 0. The molecule has 0 saturated heterocycles. The molecule has 36 heavy (non-hydrogen) atoms. The molecule has 2 aromatic carbocycles. The van der Waals surface area contributed by atoms with Gasteiger partial charge in [0.15, 0.2) is 18.1 Å². The highest BCUT2D eigenvalue weighted by molar-refractivity contribution is 6.06. The largest absolute Gasteiger partial charge is 0.452 e. The molecule has 9 nitrogen and oxygen atoms in total. The standard InChI is InChI=1S/C27H23N5O4/c1-16-9-11-20(12-10-16)32-26-25(18(3)30-32)21(14-22(28-26)19-7-5-4-6-8-19)27(34)35-15-24(33)29-23-13-17(2)36-31-23/h4-14H,15H2,1-3H3,(H,29,31,33). The third-order valence-electron chi connectivity index (χ3n) is 5.61. The van der Waals surface area contributed by atoms with E-state index in [4.69, 9.17) is 14.2 Å². The lowest BCUT2D eigenvalue weighted by atomic mass is 10.1. The van der Waals surface area contributed by atoms with Crippen molar-refractivity contribution in [3.05, 3.63) is 89.3 Å². The number of esters is 1. The summed E-state index contributed by atoms with van der Waals surface area (Å²) < 4.78 is 12.0. The number of nitrogens with zero attached hydrogens (tertiary/aromatic N) is 4. The molecule has 0 saturated carbocycles. The number of nitrogens with one attached hydrogen (secondary N) is 1. The number of hydrogen-bond donors (Lipinski definition) is 1. The summed E-state index contributed by atoms with van der Waals surface area (Å²) in [5, 5.41) is 11.5. The second-order valence-electron chi connectivity index (χ2n) is 8.40. The number of ether oxygens (including phenoxy) is 1. The van der Waals surface area contributed by atoms with Gasteiger partial charge in [-0.2, -0.15) is 5.10 Å². The van der Waals surface area contributed by atoms with Crippen molar-refractivity contribution in [1.29, 1.82) is 0 Å². The Morgan fingerprint density at radius 2 is 1.75 bits per heavy atom. The molecule has 0 unspecified atom stereocenters. The summed E-state index contributed by atoms with van der Waals surface area (Å²) in [5.41, 5.74) is 4.78. The minimum atomic E-state index is -0.655. The molecular formula is C27H23N5O4. The van der Waals surface area contributed by atoms with Crippen LogP contribution in [0.25, 0.3) is 28.0 Å². The van der Waals surface area contributed by atoms with Gasteiger partial charge < -0.3 is 14.6 Å². The van der Waals surface area contributed by atoms with Gasteiger partial charge in [0, 0.05) is 11.6 Å². The molecule has 0 spiro atoms. The van der Waals surface area contributed by atoms with Gasteiger partial charge in [-0.1, -0.05) is 53.2 Å². The van der Waals surface area contributed by atoms with E-state index in [9.17, 15) is 9.59 Å². The lowest BCUT2D eigenvalue weighted by molar-refractivity contribution is -0.119. The van der Waals surface area contributed by atoms with Gasteiger partial charge >= 0.3 is 5.97 Å². The number of fused-ring (bicyclic) bond motifs is 1. The normalized spacial score (nSPS) is 11.0. The highest BCUT2D eigenvalue weighted by Crippen LogP contribution is 2.29. The summed E-state index contributed by atoms with van der Waals surface area (Å²) >= 11 is 0. The molecule has 0 aliphatic carbocycles. The van der Waals surface area contributed by atoms with E-state index in [0.29, 0.717) is 28.2 Å². The first-order valence-electron chi connectivity index (χ1n) is 11.3. The number of rotatable bonds is 6. The Kier molecular flexibility index (Phi) is 6.03. The maximum absolute atomic E-state index is 13.2. The lowest BCUT2D eigenvalue weighted by Crippen LogP contribution is -2.21. The fourth-order valence-electron chi connectivity index (χ4n) is 3.89. The molecule has 0 aliphatic heterocycles. The molecule has 0 radical (unpaired) electrons. The van der Waals surface area contributed by atoms with Gasteiger partial charge in [0.25, 0.3) is 5.91 Å². The minimum Gasteiger partial charge on any atom is -0.452 e. The molecule has 3 aromatic heterocycles. The van der Waals surface area contributed by atoms with Crippen molar-refractivity contribution in [2.45, 2.75) is 20.8 Å². The van der Waals surface area contributed by atoms with Crippen LogP contribution in [0.1, 0.15) is 27.4 Å². The van der Waals surface area contributed by atoms with Crippen molar-refractivity contribution in [3.63, 3.8) is 0 Å². The van der Waals surface area contributed by atoms with Gasteiger partial charge in [-0.05, 0) is 39.0 Å². The third-order valence-corrected chi connectivity index (χ3v) is 5.61. The van der Waals surface area contributed by atoms with Crippen LogP contribution in [0.2, 0.25) is 0 Å². The van der Waals surface area contributed by atoms with Crippen molar-refractivity contribution >= 4 is 28.7 Å². The van der Waals surface area contributed by atoms with Gasteiger partial charge in [-0.3, -0.25) is 4.79 Å². The maximum atomic E-state index is 13.2. The summed E-state index contributed by atoms with van der Waals surface area (Å²) in [4.78, 5) is 30.4. The van der Waals surface area contributed by atoms with Crippen molar-refractivity contribution in [3.8, 4) is 16.9 Å². The van der Waals surface area contributed by atoms with Crippen LogP contribution in [-0.4, -0.2) is 38.4 Å². The van der Waals surface area contributed by atoms with E-state index in [1.165, 1.54) is 0 Å². The first kappa shape index (κ1) is 23.0. The number of hydrogen-bond acceptors (Lipinski definition) is 7. The van der Waals surface area contributed by atoms with Crippen LogP contribution in [-0.2, 0) is 9.53 Å². The Morgan fingerprint density at radius 3 is 2.44 bits per heavy atom. The fraction of sp³-hybridized carbons (Fsp3) is 0.148. The Labute approximate surface area is 206 Å². The molecule has 0 atom stereocenters. The second-order valence-corrected chi connectivity index (χ2v) is 8.40. The topological polar surface area (TPSA) is 112 Å². The molecule has 1 amide bonds. The number of aryl methyl sites for hydroxylation is 3. The predicted molar refractivity (Wildman–Crippen MR) is 134 cm³/mol. The first-order valence-corrected chi connectivity index (χ1v) is 11.3. The fourth-order valence-corrected chi connectivity index (χ4v) is 3.89. The van der Waals surface area contributed by atoms with Gasteiger partial charge in [0.05, 0.1) is 28.0 Å². The molecule has 0 bridgehead atoms. The van der Waals surface area contributed by atoms with E-state index in [-0.39, 0.29) is 11.4 Å². The number of amides is 1. The van der Waals surface area contributed by atoms with E-state index in [2.05, 4.69) is 15.6 Å². The van der Waals surface area contributed by atoms with E-state index < -0.39 is 18.5 Å². The van der Waals surface area contributed by atoms with Crippen LogP contribution in [0.5, 0.6) is 0 Å². The van der Waals surface area contributed by atoms with Gasteiger partial charge in [-0.25, -0.2) is 14.5 Å². The monoisotopic (exact) mass is 481 g/mol. The molecule has 0 aliphatic rings. The summed E-state index contributed by atoms with van der Waals surface area (Å²) in [5.74, 6) is -0.382. The highest BCUT2D eigenvalue weighted by atomic mass is 16.5. The second kappa shape index (κ2) is 9.46. The number of anilines is 1. The lowest BCUT2D eigenvalue weighted by Gasteiger charge is -2.10.